The predicted octanol–water partition coefficient (Wildman–Crippen LogP) is 3.96. The fourth-order valence-corrected chi connectivity index (χ4v) is 4.02. The van der Waals surface area contributed by atoms with Crippen LogP contribution in [0.3, 0.4) is 0 Å². The molecule has 7 heteroatoms. The van der Waals surface area contributed by atoms with Gasteiger partial charge in [0.2, 0.25) is 0 Å². The molecule has 0 radical (unpaired) electrons. The number of nitrogens with zero attached hydrogens (tertiary/aromatic N) is 4. The summed E-state index contributed by atoms with van der Waals surface area (Å²) >= 11 is 0. The zero-order valence-electron chi connectivity index (χ0n) is 16.8. The highest BCUT2D eigenvalue weighted by Crippen LogP contribution is 2.32. The average Bonchev–Trinajstić information content (AvgIpc) is 3.46. The number of likely N-dealkylation sites (tertiary alicyclic amines) is 1. The van der Waals surface area contributed by atoms with Crippen LogP contribution in [0.15, 0.2) is 79.0 Å². The van der Waals surface area contributed by atoms with Gasteiger partial charge in [0.25, 0.3) is 11.8 Å². The minimum atomic E-state index is -0.182. The summed E-state index contributed by atoms with van der Waals surface area (Å²) in [5, 5.41) is 11.4. The van der Waals surface area contributed by atoms with Crippen molar-refractivity contribution in [3.63, 3.8) is 0 Å². The number of aromatic nitrogens is 3. The molecule has 1 fully saturated rings. The molecular weight excluding hydrogens is 390 g/mol. The lowest BCUT2D eigenvalue weighted by atomic mass is 10.1. The van der Waals surface area contributed by atoms with E-state index in [1.165, 1.54) is 0 Å². The first-order valence-corrected chi connectivity index (χ1v) is 10.3. The van der Waals surface area contributed by atoms with Crippen molar-refractivity contribution in [2.24, 2.45) is 0 Å². The quantitative estimate of drug-likeness (QED) is 0.551. The third-order valence-electron chi connectivity index (χ3n) is 5.58. The van der Waals surface area contributed by atoms with Crippen LogP contribution in [0.1, 0.15) is 45.4 Å². The van der Waals surface area contributed by atoms with Crippen molar-refractivity contribution in [3.8, 4) is 0 Å². The smallest absolute Gasteiger partial charge is 0.255 e. The van der Waals surface area contributed by atoms with Gasteiger partial charge in [-0.25, -0.2) is 0 Å². The maximum Gasteiger partial charge on any atom is 0.255 e. The Morgan fingerprint density at radius 2 is 1.65 bits per heavy atom. The molecule has 2 amide bonds. The summed E-state index contributed by atoms with van der Waals surface area (Å²) in [7, 11) is 0. The molecule has 1 unspecified atom stereocenters. The van der Waals surface area contributed by atoms with Gasteiger partial charge in [-0.3, -0.25) is 14.0 Å². The highest BCUT2D eigenvalue weighted by molar-refractivity contribution is 6.04. The van der Waals surface area contributed by atoms with E-state index >= 15 is 0 Å². The van der Waals surface area contributed by atoms with Gasteiger partial charge in [-0.2, -0.15) is 0 Å². The van der Waals surface area contributed by atoms with Crippen molar-refractivity contribution in [1.82, 2.24) is 19.5 Å². The predicted molar refractivity (Wildman–Crippen MR) is 117 cm³/mol. The Morgan fingerprint density at radius 3 is 2.45 bits per heavy atom. The van der Waals surface area contributed by atoms with Crippen LogP contribution in [-0.4, -0.2) is 37.9 Å². The minimum Gasteiger partial charge on any atom is -0.328 e. The number of nitrogens with one attached hydrogen (secondary N) is 1. The topological polar surface area (TPSA) is 79.6 Å². The molecule has 0 aliphatic carbocycles. The highest BCUT2D eigenvalue weighted by Gasteiger charge is 2.33. The lowest BCUT2D eigenvalue weighted by Gasteiger charge is -2.23. The Labute approximate surface area is 179 Å². The molecule has 1 atom stereocenters. The minimum absolute atomic E-state index is 0.0453. The van der Waals surface area contributed by atoms with Crippen molar-refractivity contribution in [3.05, 3.63) is 95.9 Å². The molecule has 1 aliphatic rings. The van der Waals surface area contributed by atoms with Gasteiger partial charge in [-0.05, 0) is 61.4 Å². The lowest BCUT2D eigenvalue weighted by Crippen LogP contribution is -2.31. The van der Waals surface area contributed by atoms with E-state index in [-0.39, 0.29) is 17.9 Å². The van der Waals surface area contributed by atoms with Crippen molar-refractivity contribution in [2.45, 2.75) is 18.9 Å². The molecule has 7 nitrogen and oxygen atoms in total. The van der Waals surface area contributed by atoms with Gasteiger partial charge >= 0.3 is 0 Å². The number of anilines is 1. The van der Waals surface area contributed by atoms with Crippen LogP contribution >= 0.6 is 0 Å². The Balaban J connectivity index is 1.33. The van der Waals surface area contributed by atoms with Crippen LogP contribution in [0, 0.1) is 0 Å². The number of fused-ring (bicyclic) bond motifs is 1. The van der Waals surface area contributed by atoms with Gasteiger partial charge in [0.05, 0.1) is 6.04 Å². The first-order valence-electron chi connectivity index (χ1n) is 10.3. The molecule has 154 valence electrons. The highest BCUT2D eigenvalue weighted by atomic mass is 16.2. The van der Waals surface area contributed by atoms with Crippen LogP contribution in [-0.2, 0) is 0 Å². The van der Waals surface area contributed by atoms with E-state index in [1.807, 2.05) is 51.9 Å². The van der Waals surface area contributed by atoms with E-state index in [2.05, 4.69) is 15.5 Å². The Hall–Kier alpha value is -4.00. The van der Waals surface area contributed by atoms with E-state index < -0.39 is 0 Å². The monoisotopic (exact) mass is 411 g/mol. The fraction of sp³-hybridized carbons (Fsp3) is 0.167. The van der Waals surface area contributed by atoms with Crippen LogP contribution in [0.5, 0.6) is 0 Å². The number of benzene rings is 2. The number of carbonyl (C=O) groups excluding carboxylic acids is 2. The van der Waals surface area contributed by atoms with Gasteiger partial charge in [-0.15, -0.1) is 10.2 Å². The first kappa shape index (κ1) is 19.0. The number of carbonyl (C=O) groups is 2. The van der Waals surface area contributed by atoms with Crippen molar-refractivity contribution < 1.29 is 9.59 Å². The molecule has 1 saturated heterocycles. The molecule has 4 aromatic rings. The fourth-order valence-electron chi connectivity index (χ4n) is 4.02. The molecule has 3 heterocycles. The van der Waals surface area contributed by atoms with Crippen molar-refractivity contribution >= 4 is 23.1 Å². The number of rotatable bonds is 4. The van der Waals surface area contributed by atoms with E-state index in [0.29, 0.717) is 23.4 Å². The largest absolute Gasteiger partial charge is 0.328 e. The molecule has 0 saturated carbocycles. The van der Waals surface area contributed by atoms with Gasteiger partial charge in [0.15, 0.2) is 11.5 Å². The molecule has 31 heavy (non-hydrogen) atoms. The third-order valence-corrected chi connectivity index (χ3v) is 5.58. The van der Waals surface area contributed by atoms with Gasteiger partial charge < -0.3 is 10.2 Å². The van der Waals surface area contributed by atoms with E-state index in [4.69, 9.17) is 0 Å². The molecule has 0 bridgehead atoms. The maximum atomic E-state index is 13.2. The third kappa shape index (κ3) is 3.66. The van der Waals surface area contributed by atoms with Gasteiger partial charge in [0.1, 0.15) is 0 Å². The summed E-state index contributed by atoms with van der Waals surface area (Å²) in [4.78, 5) is 27.4. The summed E-state index contributed by atoms with van der Waals surface area (Å²) in [6, 6.07) is 21.7. The van der Waals surface area contributed by atoms with Crippen molar-refractivity contribution in [1.29, 1.82) is 0 Å². The van der Waals surface area contributed by atoms with Crippen LogP contribution < -0.4 is 5.32 Å². The van der Waals surface area contributed by atoms with Gasteiger partial charge in [-0.1, -0.05) is 24.3 Å². The molecule has 1 N–H and O–H groups in total. The maximum absolute atomic E-state index is 13.2. The zero-order valence-corrected chi connectivity index (χ0v) is 16.8. The standard InChI is InChI=1S/C24H21N5O2/c30-23(17-7-2-1-3-8-17)25-19-13-11-18(12-14-19)24(31)28-16-6-9-20(28)22-27-26-21-10-4-5-15-29(21)22/h1-5,7-8,10-15,20H,6,9,16H2,(H,25,30). The summed E-state index contributed by atoms with van der Waals surface area (Å²) in [5.74, 6) is 0.558. The Morgan fingerprint density at radius 1 is 0.871 bits per heavy atom. The molecule has 2 aromatic carbocycles. The molecule has 2 aromatic heterocycles. The average molecular weight is 411 g/mol. The summed E-state index contributed by atoms with van der Waals surface area (Å²) in [5.41, 5.74) is 2.59. The number of hydrogen-bond donors (Lipinski definition) is 1. The first-order chi connectivity index (χ1) is 15.2. The second kappa shape index (κ2) is 8.02. The van der Waals surface area contributed by atoms with Crippen LogP contribution in [0.4, 0.5) is 5.69 Å². The van der Waals surface area contributed by atoms with Crippen LogP contribution in [0.25, 0.3) is 5.65 Å². The normalized spacial score (nSPS) is 15.9. The van der Waals surface area contributed by atoms with E-state index in [9.17, 15) is 9.59 Å². The lowest BCUT2D eigenvalue weighted by molar-refractivity contribution is 0.0729. The van der Waals surface area contributed by atoms with Crippen molar-refractivity contribution in [2.75, 3.05) is 11.9 Å². The van der Waals surface area contributed by atoms with E-state index in [0.717, 1.165) is 24.3 Å². The summed E-state index contributed by atoms with van der Waals surface area (Å²) in [6.45, 7) is 0.678. The number of amides is 2. The molecule has 1 aliphatic heterocycles. The Kier molecular flexibility index (Phi) is 4.92. The molecular formula is C24H21N5O2. The summed E-state index contributed by atoms with van der Waals surface area (Å²) in [6.07, 6.45) is 3.70. The SMILES string of the molecule is O=C(Nc1ccc(C(=O)N2CCCC2c2nnc3ccccn23)cc1)c1ccccc1. The second-order valence-electron chi connectivity index (χ2n) is 7.54. The van der Waals surface area contributed by atoms with Gasteiger partial charge in [0, 0.05) is 29.6 Å². The Bertz CT molecular complexity index is 1230. The molecule has 0 spiro atoms. The van der Waals surface area contributed by atoms with E-state index in [1.54, 1.807) is 36.4 Å². The number of pyridine rings is 1. The zero-order chi connectivity index (χ0) is 21.2. The number of hydrogen-bond acceptors (Lipinski definition) is 4. The van der Waals surface area contributed by atoms with Crippen LogP contribution in [0.2, 0.25) is 0 Å². The molecule has 5 rings (SSSR count). The summed E-state index contributed by atoms with van der Waals surface area (Å²) < 4.78 is 1.94. The second-order valence-corrected chi connectivity index (χ2v) is 7.54.